The molecule has 0 unspecified atom stereocenters. The zero-order valence-corrected chi connectivity index (χ0v) is 16.2. The standard InChI is InChI=1S/C22H27FN4O/c23-18-5-1-2-6-20(18)27-19-7-3-4-17(19)21(25-27)22(28)26-12-10-16(11-13-26)24-14-15-8-9-15/h1-2,5-6,15-16,24H,3-4,7-14H2. The van der Waals surface area contributed by atoms with E-state index in [2.05, 4.69) is 10.4 Å². The van der Waals surface area contributed by atoms with Crippen molar-refractivity contribution < 1.29 is 9.18 Å². The molecule has 2 heterocycles. The van der Waals surface area contributed by atoms with Crippen LogP contribution in [0.2, 0.25) is 0 Å². The maximum Gasteiger partial charge on any atom is 0.274 e. The highest BCUT2D eigenvalue weighted by molar-refractivity contribution is 5.94. The van der Waals surface area contributed by atoms with Crippen LogP contribution in [-0.4, -0.2) is 46.3 Å². The molecule has 2 aromatic rings. The van der Waals surface area contributed by atoms with Gasteiger partial charge in [-0.15, -0.1) is 0 Å². The smallest absolute Gasteiger partial charge is 0.274 e. The highest BCUT2D eigenvalue weighted by atomic mass is 19.1. The number of hydrogen-bond donors (Lipinski definition) is 1. The van der Waals surface area contributed by atoms with Crippen LogP contribution >= 0.6 is 0 Å². The predicted octanol–water partition coefficient (Wildman–Crippen LogP) is 3.10. The van der Waals surface area contributed by atoms with Crippen LogP contribution < -0.4 is 5.32 Å². The van der Waals surface area contributed by atoms with Gasteiger partial charge in [-0.2, -0.15) is 5.10 Å². The molecule has 1 aromatic carbocycles. The number of benzene rings is 1. The van der Waals surface area contributed by atoms with Gasteiger partial charge in [0.05, 0.1) is 0 Å². The number of hydrogen-bond acceptors (Lipinski definition) is 3. The third kappa shape index (κ3) is 3.34. The Morgan fingerprint density at radius 3 is 2.68 bits per heavy atom. The molecule has 148 valence electrons. The van der Waals surface area contributed by atoms with E-state index in [-0.39, 0.29) is 11.7 Å². The van der Waals surface area contributed by atoms with Gasteiger partial charge in [0.1, 0.15) is 11.5 Å². The summed E-state index contributed by atoms with van der Waals surface area (Å²) in [5, 5.41) is 8.25. The number of carbonyl (C=O) groups is 1. The zero-order valence-electron chi connectivity index (χ0n) is 16.2. The van der Waals surface area contributed by atoms with E-state index in [1.807, 2.05) is 11.0 Å². The number of nitrogens with zero attached hydrogens (tertiary/aromatic N) is 3. The van der Waals surface area contributed by atoms with Crippen molar-refractivity contribution in [1.29, 1.82) is 0 Å². The van der Waals surface area contributed by atoms with Crippen LogP contribution in [0.1, 0.15) is 53.8 Å². The number of amides is 1. The third-order valence-electron chi connectivity index (χ3n) is 6.39. The van der Waals surface area contributed by atoms with Gasteiger partial charge in [0.2, 0.25) is 0 Å². The summed E-state index contributed by atoms with van der Waals surface area (Å²) >= 11 is 0. The monoisotopic (exact) mass is 382 g/mol. The lowest BCUT2D eigenvalue weighted by molar-refractivity contribution is 0.0697. The van der Waals surface area contributed by atoms with Crippen molar-refractivity contribution in [2.24, 2.45) is 5.92 Å². The number of rotatable bonds is 5. The van der Waals surface area contributed by atoms with Crippen LogP contribution in [0.5, 0.6) is 0 Å². The van der Waals surface area contributed by atoms with Gasteiger partial charge < -0.3 is 10.2 Å². The highest BCUT2D eigenvalue weighted by Gasteiger charge is 2.32. The van der Waals surface area contributed by atoms with Crippen molar-refractivity contribution in [2.75, 3.05) is 19.6 Å². The lowest BCUT2D eigenvalue weighted by atomic mass is 10.0. The Morgan fingerprint density at radius 1 is 1.14 bits per heavy atom. The fourth-order valence-electron chi connectivity index (χ4n) is 4.52. The number of aromatic nitrogens is 2. The van der Waals surface area contributed by atoms with Gasteiger partial charge in [0, 0.05) is 30.4 Å². The molecule has 3 aliphatic rings. The van der Waals surface area contributed by atoms with Crippen LogP contribution in [0, 0.1) is 11.7 Å². The molecule has 28 heavy (non-hydrogen) atoms. The molecule has 1 aromatic heterocycles. The largest absolute Gasteiger partial charge is 0.337 e. The first-order valence-corrected chi connectivity index (χ1v) is 10.6. The Hall–Kier alpha value is -2.21. The normalized spacial score (nSPS) is 19.8. The van der Waals surface area contributed by atoms with E-state index in [0.29, 0.717) is 17.4 Å². The minimum atomic E-state index is -0.304. The Balaban J connectivity index is 1.33. The summed E-state index contributed by atoms with van der Waals surface area (Å²) in [4.78, 5) is 15.1. The van der Waals surface area contributed by atoms with Gasteiger partial charge in [0.15, 0.2) is 5.69 Å². The van der Waals surface area contributed by atoms with Gasteiger partial charge in [-0.3, -0.25) is 4.79 Å². The van der Waals surface area contributed by atoms with E-state index >= 15 is 0 Å². The van der Waals surface area contributed by atoms with Crippen molar-refractivity contribution in [2.45, 2.75) is 51.0 Å². The van der Waals surface area contributed by atoms with E-state index < -0.39 is 0 Å². The van der Waals surface area contributed by atoms with Gasteiger partial charge in [0.25, 0.3) is 5.91 Å². The third-order valence-corrected chi connectivity index (χ3v) is 6.39. The van der Waals surface area contributed by atoms with Crippen LogP contribution in [0.25, 0.3) is 5.69 Å². The molecule has 1 aliphatic heterocycles. The first-order valence-electron chi connectivity index (χ1n) is 10.6. The summed E-state index contributed by atoms with van der Waals surface area (Å²) in [5.74, 6) is 0.583. The summed E-state index contributed by atoms with van der Waals surface area (Å²) in [7, 11) is 0. The van der Waals surface area contributed by atoms with E-state index in [0.717, 1.165) is 68.9 Å². The van der Waals surface area contributed by atoms with Gasteiger partial charge >= 0.3 is 0 Å². The van der Waals surface area contributed by atoms with E-state index in [4.69, 9.17) is 0 Å². The first-order chi connectivity index (χ1) is 13.7. The Morgan fingerprint density at radius 2 is 1.93 bits per heavy atom. The van der Waals surface area contributed by atoms with Gasteiger partial charge in [-0.05, 0) is 69.5 Å². The number of fused-ring (bicyclic) bond motifs is 1. The molecule has 0 atom stereocenters. The number of halogens is 1. The molecule has 6 heteroatoms. The fraction of sp³-hybridized carbons (Fsp3) is 0.545. The molecule has 1 saturated heterocycles. The van der Waals surface area contributed by atoms with Crippen molar-refractivity contribution in [3.05, 3.63) is 47.0 Å². The van der Waals surface area contributed by atoms with Crippen LogP contribution in [-0.2, 0) is 12.8 Å². The maximum atomic E-state index is 14.3. The molecule has 2 aliphatic carbocycles. The summed E-state index contributed by atoms with van der Waals surface area (Å²) in [5.41, 5.74) is 2.97. The maximum absolute atomic E-state index is 14.3. The number of para-hydroxylation sites is 1. The predicted molar refractivity (Wildman–Crippen MR) is 105 cm³/mol. The quantitative estimate of drug-likeness (QED) is 0.865. The first kappa shape index (κ1) is 17.9. The molecule has 0 spiro atoms. The van der Waals surface area contributed by atoms with Crippen LogP contribution in [0.4, 0.5) is 4.39 Å². The number of nitrogens with one attached hydrogen (secondary N) is 1. The molecule has 5 nitrogen and oxygen atoms in total. The average Bonchev–Trinajstić information content (AvgIpc) is 3.30. The van der Waals surface area contributed by atoms with Crippen LogP contribution in [0.15, 0.2) is 24.3 Å². The Labute approximate surface area is 164 Å². The fourth-order valence-corrected chi connectivity index (χ4v) is 4.52. The lowest BCUT2D eigenvalue weighted by Crippen LogP contribution is -2.45. The molecule has 5 rings (SSSR count). The Kier molecular flexibility index (Phi) is 4.67. The summed E-state index contributed by atoms with van der Waals surface area (Å²) in [6, 6.07) is 7.18. The summed E-state index contributed by atoms with van der Waals surface area (Å²) in [6.07, 6.45) is 7.40. The SMILES string of the molecule is O=C(c1nn(-c2ccccc2F)c2c1CCC2)N1CCC(NCC2CC2)CC1. The summed E-state index contributed by atoms with van der Waals surface area (Å²) < 4.78 is 16.0. The summed E-state index contributed by atoms with van der Waals surface area (Å²) in [6.45, 7) is 2.66. The van der Waals surface area contributed by atoms with E-state index in [1.165, 1.54) is 18.9 Å². The number of piperidine rings is 1. The number of likely N-dealkylation sites (tertiary alicyclic amines) is 1. The molecular weight excluding hydrogens is 355 g/mol. The van der Waals surface area contributed by atoms with Crippen molar-refractivity contribution >= 4 is 5.91 Å². The van der Waals surface area contributed by atoms with Crippen LogP contribution in [0.3, 0.4) is 0 Å². The molecule has 0 radical (unpaired) electrons. The van der Waals surface area contributed by atoms with Gasteiger partial charge in [-0.1, -0.05) is 12.1 Å². The average molecular weight is 382 g/mol. The molecule has 0 bridgehead atoms. The zero-order chi connectivity index (χ0) is 19.1. The molecule has 1 amide bonds. The topological polar surface area (TPSA) is 50.2 Å². The van der Waals surface area contributed by atoms with Crippen molar-refractivity contribution in [3.8, 4) is 5.69 Å². The highest BCUT2D eigenvalue weighted by Crippen LogP contribution is 2.30. The van der Waals surface area contributed by atoms with Gasteiger partial charge in [-0.25, -0.2) is 9.07 Å². The lowest BCUT2D eigenvalue weighted by Gasteiger charge is -2.32. The second kappa shape index (κ2) is 7.32. The van der Waals surface area contributed by atoms with E-state index in [1.54, 1.807) is 16.8 Å². The second-order valence-corrected chi connectivity index (χ2v) is 8.41. The van der Waals surface area contributed by atoms with Crippen molar-refractivity contribution in [3.63, 3.8) is 0 Å². The molecular formula is C22H27FN4O. The minimum absolute atomic E-state index is 0.00822. The molecule has 1 N–H and O–H groups in total. The second-order valence-electron chi connectivity index (χ2n) is 8.41. The molecule has 2 fully saturated rings. The number of carbonyl (C=O) groups excluding carboxylic acids is 1. The molecule has 1 saturated carbocycles. The Bertz CT molecular complexity index is 881. The van der Waals surface area contributed by atoms with Crippen molar-refractivity contribution in [1.82, 2.24) is 20.0 Å². The minimum Gasteiger partial charge on any atom is -0.337 e. The van der Waals surface area contributed by atoms with E-state index in [9.17, 15) is 9.18 Å².